The number of rotatable bonds is 12. The van der Waals surface area contributed by atoms with E-state index in [1.54, 1.807) is 24.3 Å². The number of Topliss-reactive ketones (excluding diaryl/α,β-unsaturated/α-hetero) is 1. The molecule has 218 valence electrons. The van der Waals surface area contributed by atoms with Gasteiger partial charge in [-0.3, -0.25) is 14.9 Å². The van der Waals surface area contributed by atoms with Crippen LogP contribution < -0.4 is 16.0 Å². The Morgan fingerprint density at radius 1 is 1.05 bits per heavy atom. The van der Waals surface area contributed by atoms with Gasteiger partial charge in [0.2, 0.25) is 5.91 Å². The van der Waals surface area contributed by atoms with Gasteiger partial charge in [0, 0.05) is 18.9 Å². The molecule has 1 aliphatic heterocycles. The molecule has 2 aromatic carbocycles. The molecule has 3 atom stereocenters. The maximum atomic E-state index is 14.6. The summed E-state index contributed by atoms with van der Waals surface area (Å²) in [5, 5.41) is 17.9. The number of carbonyl (C=O) groups is 2. The summed E-state index contributed by atoms with van der Waals surface area (Å²) in [5.41, 5.74) is -0.138. The Morgan fingerprint density at radius 2 is 1.66 bits per heavy atom. The molecule has 1 saturated heterocycles. The zero-order chi connectivity index (χ0) is 29.4. The largest absolute Gasteiger partial charge is 0.336 e. The second kappa shape index (κ2) is 11.2. The summed E-state index contributed by atoms with van der Waals surface area (Å²) in [5.74, 6) is -0.259. The first kappa shape index (κ1) is 29.3. The van der Waals surface area contributed by atoms with Crippen molar-refractivity contribution in [3.8, 4) is 17.2 Å². The summed E-state index contributed by atoms with van der Waals surface area (Å²) in [6.07, 6.45) is 0.412. The van der Waals surface area contributed by atoms with Crippen LogP contribution in [0.5, 0.6) is 0 Å². The lowest BCUT2D eigenvalue weighted by Crippen LogP contribution is -2.52. The summed E-state index contributed by atoms with van der Waals surface area (Å²) in [7, 11) is 0. The van der Waals surface area contributed by atoms with Crippen LogP contribution in [0.15, 0.2) is 48.5 Å². The molecule has 6 nitrogen and oxygen atoms in total. The number of hydrogen-bond donors (Lipinski definition) is 3. The van der Waals surface area contributed by atoms with Crippen molar-refractivity contribution >= 4 is 11.7 Å². The SMILES string of the molecule is CC(C)(F)C[C@H](N[C@@H](c1ccc(-c2ccc(C3(C(=O)C4CCNC4)CC3)cc2)cc1)C(F)F)C(=O)NC1(C#N)CC1. The van der Waals surface area contributed by atoms with Crippen LogP contribution in [0.2, 0.25) is 0 Å². The maximum absolute atomic E-state index is 14.6. The number of halogens is 3. The molecule has 2 aliphatic carbocycles. The van der Waals surface area contributed by atoms with Crippen molar-refractivity contribution in [1.82, 2.24) is 16.0 Å². The van der Waals surface area contributed by atoms with E-state index in [0.29, 0.717) is 18.6 Å². The van der Waals surface area contributed by atoms with Gasteiger partial charge in [-0.2, -0.15) is 5.26 Å². The fraction of sp³-hybridized carbons (Fsp3) is 0.531. The molecule has 2 aromatic rings. The number of benzene rings is 2. The standard InChI is InChI=1S/C32H37F3N4O2/c1-30(2,35)17-25(29(41)39-31(19-36)12-13-31)38-26(28(33)34)22-5-3-20(4-6-22)21-7-9-24(10-8-21)32(14-15-32)27(40)23-11-16-37-18-23/h3-10,23,25-26,28,37-38H,11-18H2,1-2H3,(H,39,41)/t23?,25-,26-/m0/s1. The van der Waals surface area contributed by atoms with Crippen molar-refractivity contribution in [3.05, 3.63) is 59.7 Å². The third kappa shape index (κ3) is 6.49. The Bertz CT molecular complexity index is 1300. The molecular weight excluding hydrogens is 529 g/mol. The molecule has 0 radical (unpaired) electrons. The number of amides is 1. The number of alkyl halides is 3. The molecule has 2 saturated carbocycles. The topological polar surface area (TPSA) is 94.0 Å². The fourth-order valence-electron chi connectivity index (χ4n) is 5.89. The minimum Gasteiger partial charge on any atom is -0.336 e. The van der Waals surface area contributed by atoms with Crippen molar-refractivity contribution in [2.24, 2.45) is 5.92 Å². The molecular formula is C32H37F3N4O2. The van der Waals surface area contributed by atoms with E-state index in [9.17, 15) is 28.0 Å². The molecule has 0 aromatic heterocycles. The third-order valence-corrected chi connectivity index (χ3v) is 8.66. The smallest absolute Gasteiger partial charge is 0.257 e. The number of hydrogen-bond acceptors (Lipinski definition) is 5. The number of nitrogens with zero attached hydrogens (tertiary/aromatic N) is 1. The Morgan fingerprint density at radius 3 is 2.12 bits per heavy atom. The number of nitrogens with one attached hydrogen (secondary N) is 3. The molecule has 3 N–H and O–H groups in total. The summed E-state index contributed by atoms with van der Waals surface area (Å²) >= 11 is 0. The van der Waals surface area contributed by atoms with Gasteiger partial charge in [-0.15, -0.1) is 0 Å². The molecule has 0 spiro atoms. The Hall–Kier alpha value is -3.22. The third-order valence-electron chi connectivity index (χ3n) is 8.66. The number of carbonyl (C=O) groups excluding carboxylic acids is 2. The van der Waals surface area contributed by atoms with Crippen LogP contribution in [0, 0.1) is 17.2 Å². The fourth-order valence-corrected chi connectivity index (χ4v) is 5.89. The first-order chi connectivity index (χ1) is 19.5. The summed E-state index contributed by atoms with van der Waals surface area (Å²) in [6.45, 7) is 4.21. The van der Waals surface area contributed by atoms with E-state index in [0.717, 1.165) is 49.0 Å². The van der Waals surface area contributed by atoms with Gasteiger partial charge in [-0.25, -0.2) is 13.2 Å². The first-order valence-corrected chi connectivity index (χ1v) is 14.4. The van der Waals surface area contributed by atoms with Crippen LogP contribution in [-0.4, -0.2) is 48.5 Å². The highest BCUT2D eigenvalue weighted by Gasteiger charge is 2.53. The van der Waals surface area contributed by atoms with Crippen molar-refractivity contribution in [3.63, 3.8) is 0 Å². The molecule has 1 heterocycles. The van der Waals surface area contributed by atoms with E-state index >= 15 is 0 Å². The second-order valence-corrected chi connectivity index (χ2v) is 12.5. The Labute approximate surface area is 239 Å². The van der Waals surface area contributed by atoms with Gasteiger partial charge in [0.15, 0.2) is 0 Å². The molecule has 5 rings (SSSR count). The van der Waals surface area contributed by atoms with E-state index in [4.69, 9.17) is 0 Å². The average molecular weight is 567 g/mol. The van der Waals surface area contributed by atoms with Crippen LogP contribution in [0.25, 0.3) is 11.1 Å². The zero-order valence-corrected chi connectivity index (χ0v) is 23.5. The number of nitriles is 1. The van der Waals surface area contributed by atoms with Crippen molar-refractivity contribution in [2.75, 3.05) is 13.1 Å². The van der Waals surface area contributed by atoms with E-state index in [1.165, 1.54) is 13.8 Å². The molecule has 9 heteroatoms. The van der Waals surface area contributed by atoms with Crippen LogP contribution in [0.3, 0.4) is 0 Å². The average Bonchev–Trinajstić information content (AvgIpc) is 3.86. The normalized spacial score (nSPS) is 22.0. The highest BCUT2D eigenvalue weighted by Crippen LogP contribution is 2.51. The van der Waals surface area contributed by atoms with Crippen LogP contribution >= 0.6 is 0 Å². The first-order valence-electron chi connectivity index (χ1n) is 14.4. The monoisotopic (exact) mass is 566 g/mol. The second-order valence-electron chi connectivity index (χ2n) is 12.5. The van der Waals surface area contributed by atoms with Gasteiger partial charge in [-0.1, -0.05) is 48.5 Å². The molecule has 1 amide bonds. The van der Waals surface area contributed by atoms with Crippen molar-refractivity contribution < 1.29 is 22.8 Å². The van der Waals surface area contributed by atoms with E-state index in [-0.39, 0.29) is 23.3 Å². The predicted molar refractivity (Wildman–Crippen MR) is 150 cm³/mol. The number of ketones is 1. The van der Waals surface area contributed by atoms with Crippen LogP contribution in [0.1, 0.15) is 69.5 Å². The van der Waals surface area contributed by atoms with Gasteiger partial charge in [0.25, 0.3) is 6.43 Å². The minimum atomic E-state index is -2.86. The predicted octanol–water partition coefficient (Wildman–Crippen LogP) is 5.14. The molecule has 0 bridgehead atoms. The van der Waals surface area contributed by atoms with Crippen molar-refractivity contribution in [2.45, 2.75) is 87.5 Å². The van der Waals surface area contributed by atoms with Crippen LogP contribution in [0.4, 0.5) is 13.2 Å². The Balaban J connectivity index is 1.30. The van der Waals surface area contributed by atoms with Gasteiger partial charge in [0.05, 0.1) is 23.6 Å². The molecule has 1 unspecified atom stereocenters. The van der Waals surface area contributed by atoms with Gasteiger partial charge < -0.3 is 10.6 Å². The molecule has 3 fully saturated rings. The van der Waals surface area contributed by atoms with E-state index in [1.807, 2.05) is 30.3 Å². The molecule has 3 aliphatic rings. The summed E-state index contributed by atoms with van der Waals surface area (Å²) < 4.78 is 43.1. The van der Waals surface area contributed by atoms with E-state index in [2.05, 4.69) is 16.0 Å². The quantitative estimate of drug-likeness (QED) is 0.331. The summed E-state index contributed by atoms with van der Waals surface area (Å²) in [6, 6.07) is 13.8. The van der Waals surface area contributed by atoms with Crippen molar-refractivity contribution in [1.29, 1.82) is 5.26 Å². The molecule has 41 heavy (non-hydrogen) atoms. The lowest BCUT2D eigenvalue weighted by molar-refractivity contribution is -0.125. The highest BCUT2D eigenvalue weighted by atomic mass is 19.3. The minimum absolute atomic E-state index is 0.0731. The van der Waals surface area contributed by atoms with Gasteiger partial charge in [-0.05, 0) is 74.8 Å². The van der Waals surface area contributed by atoms with Gasteiger partial charge >= 0.3 is 0 Å². The highest BCUT2D eigenvalue weighted by molar-refractivity contribution is 5.95. The lowest BCUT2D eigenvalue weighted by atomic mass is 9.83. The Kier molecular flexibility index (Phi) is 8.01. The lowest BCUT2D eigenvalue weighted by Gasteiger charge is -2.29. The van der Waals surface area contributed by atoms with Crippen LogP contribution in [-0.2, 0) is 15.0 Å². The zero-order valence-electron chi connectivity index (χ0n) is 23.5. The van der Waals surface area contributed by atoms with E-state index < -0.39 is 35.6 Å². The maximum Gasteiger partial charge on any atom is 0.257 e. The summed E-state index contributed by atoms with van der Waals surface area (Å²) in [4.78, 5) is 26.1. The van der Waals surface area contributed by atoms with Gasteiger partial charge in [0.1, 0.15) is 17.0 Å².